The third-order valence-electron chi connectivity index (χ3n) is 5.65. The molecule has 1 aromatic rings. The fourth-order valence-corrected chi connectivity index (χ4v) is 3.70. The Bertz CT molecular complexity index is 556. The highest BCUT2D eigenvalue weighted by Gasteiger charge is 2.10. The van der Waals surface area contributed by atoms with Crippen molar-refractivity contribution in [1.82, 2.24) is 0 Å². The number of methoxy groups -OCH3 is 1. The van der Waals surface area contributed by atoms with Gasteiger partial charge in [-0.05, 0) is 24.6 Å². The molecule has 0 aliphatic carbocycles. The summed E-state index contributed by atoms with van der Waals surface area (Å²) in [6.45, 7) is 2.72. The molecule has 0 saturated heterocycles. The highest BCUT2D eigenvalue weighted by Crippen LogP contribution is 2.26. The average Bonchev–Trinajstić information content (AvgIpc) is 2.76. The van der Waals surface area contributed by atoms with Crippen LogP contribution >= 0.6 is 0 Å². The second kappa shape index (κ2) is 18.1. The van der Waals surface area contributed by atoms with E-state index < -0.39 is 0 Å². The molecule has 0 saturated carbocycles. The number of carbonyl (C=O) groups is 1. The second-order valence-corrected chi connectivity index (χ2v) is 8.33. The molecule has 4 heteroatoms. The molecule has 0 amide bonds. The summed E-state index contributed by atoms with van der Waals surface area (Å²) < 4.78 is 10.3. The van der Waals surface area contributed by atoms with E-state index in [0.29, 0.717) is 12.2 Å². The highest BCUT2D eigenvalue weighted by atomic mass is 16.5. The maximum absolute atomic E-state index is 12.0. The highest BCUT2D eigenvalue weighted by molar-refractivity contribution is 5.90. The van der Waals surface area contributed by atoms with Gasteiger partial charge in [-0.1, -0.05) is 103 Å². The van der Waals surface area contributed by atoms with E-state index in [0.717, 1.165) is 12.8 Å². The zero-order valence-corrected chi connectivity index (χ0v) is 19.4. The average molecular weight is 421 g/mol. The van der Waals surface area contributed by atoms with Crippen LogP contribution in [0.4, 0.5) is 0 Å². The van der Waals surface area contributed by atoms with Crippen molar-refractivity contribution in [2.24, 2.45) is 0 Å². The minimum atomic E-state index is -0.366. The van der Waals surface area contributed by atoms with Gasteiger partial charge in [0, 0.05) is 0 Å². The lowest BCUT2D eigenvalue weighted by molar-refractivity contribution is 0.0497. The molecule has 1 aromatic carbocycles. The van der Waals surface area contributed by atoms with E-state index in [2.05, 4.69) is 6.92 Å². The van der Waals surface area contributed by atoms with Crippen molar-refractivity contribution in [3.8, 4) is 11.5 Å². The number of unbranched alkanes of at least 4 members (excludes halogenated alkanes) is 15. The van der Waals surface area contributed by atoms with Gasteiger partial charge in [-0.2, -0.15) is 0 Å². The molecule has 0 heterocycles. The van der Waals surface area contributed by atoms with Gasteiger partial charge in [-0.15, -0.1) is 0 Å². The second-order valence-electron chi connectivity index (χ2n) is 8.33. The number of rotatable bonds is 19. The summed E-state index contributed by atoms with van der Waals surface area (Å²) in [6.07, 6.45) is 21.2. The molecule has 1 rings (SSSR count). The molecular formula is C26H44O4. The van der Waals surface area contributed by atoms with Crippen molar-refractivity contribution < 1.29 is 19.4 Å². The Hall–Kier alpha value is -1.71. The fourth-order valence-electron chi connectivity index (χ4n) is 3.70. The standard InChI is InChI=1S/C26H44O4/c1-3-4-5-6-7-8-9-10-11-12-13-14-15-16-17-18-21-30-26(28)23-19-20-24(27)25(22-23)29-2/h19-20,22,27H,3-18,21H2,1-2H3. The summed E-state index contributed by atoms with van der Waals surface area (Å²) in [6, 6.07) is 4.50. The number of carbonyl (C=O) groups excluding carboxylic acids is 1. The van der Waals surface area contributed by atoms with Gasteiger partial charge in [0.1, 0.15) is 0 Å². The Morgan fingerprint density at radius 3 is 1.70 bits per heavy atom. The lowest BCUT2D eigenvalue weighted by Crippen LogP contribution is -2.06. The smallest absolute Gasteiger partial charge is 0.338 e. The maximum atomic E-state index is 12.0. The monoisotopic (exact) mass is 420 g/mol. The Morgan fingerprint density at radius 2 is 1.23 bits per heavy atom. The SMILES string of the molecule is CCCCCCCCCCCCCCCCCCOC(=O)c1ccc(O)c(OC)c1. The van der Waals surface area contributed by atoms with Crippen LogP contribution in [0.3, 0.4) is 0 Å². The van der Waals surface area contributed by atoms with E-state index in [1.807, 2.05) is 0 Å². The molecule has 0 fully saturated rings. The number of hydrogen-bond acceptors (Lipinski definition) is 4. The first kappa shape index (κ1) is 26.3. The van der Waals surface area contributed by atoms with Gasteiger partial charge < -0.3 is 14.6 Å². The summed E-state index contributed by atoms with van der Waals surface area (Å²) in [5, 5.41) is 9.57. The van der Waals surface area contributed by atoms with E-state index in [9.17, 15) is 9.90 Å². The van der Waals surface area contributed by atoms with Gasteiger partial charge >= 0.3 is 5.97 Å². The van der Waals surface area contributed by atoms with Crippen LogP contribution < -0.4 is 4.74 Å². The lowest BCUT2D eigenvalue weighted by Gasteiger charge is -2.07. The molecule has 30 heavy (non-hydrogen) atoms. The lowest BCUT2D eigenvalue weighted by atomic mass is 10.0. The Kier molecular flexibility index (Phi) is 15.9. The minimum absolute atomic E-state index is 0.0202. The third-order valence-corrected chi connectivity index (χ3v) is 5.65. The summed E-state index contributed by atoms with van der Waals surface area (Å²) in [5.41, 5.74) is 0.404. The quantitative estimate of drug-likeness (QED) is 0.183. The molecule has 0 unspecified atom stereocenters. The molecule has 0 bridgehead atoms. The van der Waals surface area contributed by atoms with Crippen molar-refractivity contribution in [3.63, 3.8) is 0 Å². The van der Waals surface area contributed by atoms with Crippen LogP contribution in [0, 0.1) is 0 Å². The Morgan fingerprint density at radius 1 is 0.767 bits per heavy atom. The number of benzene rings is 1. The molecular weight excluding hydrogens is 376 g/mol. The first-order chi connectivity index (χ1) is 14.7. The zero-order valence-electron chi connectivity index (χ0n) is 19.4. The van der Waals surface area contributed by atoms with Gasteiger partial charge in [-0.25, -0.2) is 4.79 Å². The molecule has 0 atom stereocenters. The van der Waals surface area contributed by atoms with E-state index in [1.165, 1.54) is 109 Å². The van der Waals surface area contributed by atoms with Crippen LogP contribution in [-0.2, 0) is 4.74 Å². The molecule has 4 nitrogen and oxygen atoms in total. The van der Waals surface area contributed by atoms with E-state index >= 15 is 0 Å². The summed E-state index contributed by atoms with van der Waals surface area (Å²) in [5.74, 6) is -0.0621. The molecule has 1 N–H and O–H groups in total. The van der Waals surface area contributed by atoms with E-state index in [1.54, 1.807) is 6.07 Å². The number of phenols is 1. The molecule has 0 spiro atoms. The summed E-state index contributed by atoms with van der Waals surface area (Å²) in [7, 11) is 1.46. The number of aromatic hydroxyl groups is 1. The van der Waals surface area contributed by atoms with E-state index in [-0.39, 0.29) is 17.5 Å². The Balaban J connectivity index is 1.87. The molecule has 0 radical (unpaired) electrons. The van der Waals surface area contributed by atoms with Crippen molar-refractivity contribution in [2.75, 3.05) is 13.7 Å². The van der Waals surface area contributed by atoms with Gasteiger partial charge in [0.2, 0.25) is 0 Å². The zero-order chi connectivity index (χ0) is 21.9. The number of hydrogen-bond donors (Lipinski definition) is 1. The van der Waals surface area contributed by atoms with Gasteiger partial charge in [0.15, 0.2) is 11.5 Å². The molecule has 0 aliphatic heterocycles. The maximum Gasteiger partial charge on any atom is 0.338 e. The van der Waals surface area contributed by atoms with Crippen LogP contribution in [0.1, 0.15) is 120 Å². The van der Waals surface area contributed by atoms with Crippen molar-refractivity contribution in [1.29, 1.82) is 0 Å². The summed E-state index contributed by atoms with van der Waals surface area (Å²) >= 11 is 0. The van der Waals surface area contributed by atoms with Gasteiger partial charge in [0.05, 0.1) is 19.3 Å². The third kappa shape index (κ3) is 12.8. The van der Waals surface area contributed by atoms with Gasteiger partial charge in [0.25, 0.3) is 0 Å². The molecule has 0 aliphatic rings. The van der Waals surface area contributed by atoms with Crippen LogP contribution in [0.5, 0.6) is 11.5 Å². The van der Waals surface area contributed by atoms with Crippen LogP contribution in [0.25, 0.3) is 0 Å². The van der Waals surface area contributed by atoms with Gasteiger partial charge in [-0.3, -0.25) is 0 Å². The predicted octanol–water partition coefficient (Wildman–Crippen LogP) is 7.82. The summed E-state index contributed by atoms with van der Waals surface area (Å²) in [4.78, 5) is 12.0. The fraction of sp³-hybridized carbons (Fsp3) is 0.731. The first-order valence-corrected chi connectivity index (χ1v) is 12.2. The normalized spacial score (nSPS) is 10.9. The number of ether oxygens (including phenoxy) is 2. The van der Waals surface area contributed by atoms with Crippen molar-refractivity contribution in [3.05, 3.63) is 23.8 Å². The van der Waals surface area contributed by atoms with Crippen LogP contribution in [-0.4, -0.2) is 24.8 Å². The number of esters is 1. The van der Waals surface area contributed by atoms with Crippen LogP contribution in [0.15, 0.2) is 18.2 Å². The molecule has 172 valence electrons. The largest absolute Gasteiger partial charge is 0.504 e. The van der Waals surface area contributed by atoms with Crippen LogP contribution in [0.2, 0.25) is 0 Å². The van der Waals surface area contributed by atoms with Crippen molar-refractivity contribution in [2.45, 2.75) is 110 Å². The minimum Gasteiger partial charge on any atom is -0.504 e. The topological polar surface area (TPSA) is 55.8 Å². The molecule has 0 aromatic heterocycles. The number of phenolic OH excluding ortho intramolecular Hbond substituents is 1. The predicted molar refractivity (Wildman–Crippen MR) is 124 cm³/mol. The first-order valence-electron chi connectivity index (χ1n) is 12.2. The van der Waals surface area contributed by atoms with E-state index in [4.69, 9.17) is 9.47 Å². The van der Waals surface area contributed by atoms with Crippen molar-refractivity contribution >= 4 is 5.97 Å². The Labute approximate surface area is 184 Å².